The van der Waals surface area contributed by atoms with Crippen LogP contribution in [-0.2, 0) is 9.53 Å². The number of hydrogen-bond donors (Lipinski definition) is 2. The standard InChI is InChI=1S/C18H20N6O2S2/c1-12(24-16(21-22-18(24)27)14-5-3-11-28-14)17(25)20-13-4-2-6-19-15(13)23-7-9-26-10-8-23/h2-6,11-12H,7-10H2,1H3,(H,20,25)(H,22,27). The van der Waals surface area contributed by atoms with Crippen LogP contribution in [0, 0.1) is 4.77 Å². The summed E-state index contributed by atoms with van der Waals surface area (Å²) in [6.07, 6.45) is 1.73. The van der Waals surface area contributed by atoms with Gasteiger partial charge in [0.1, 0.15) is 6.04 Å². The minimum atomic E-state index is -0.541. The molecule has 1 aliphatic heterocycles. The Kier molecular flexibility index (Phi) is 5.51. The van der Waals surface area contributed by atoms with E-state index in [4.69, 9.17) is 17.0 Å². The first-order chi connectivity index (χ1) is 13.6. The summed E-state index contributed by atoms with van der Waals surface area (Å²) in [6, 6.07) is 7.02. The molecule has 2 N–H and O–H groups in total. The molecule has 0 saturated carbocycles. The number of aromatic amines is 1. The molecular weight excluding hydrogens is 396 g/mol. The van der Waals surface area contributed by atoms with Crippen LogP contribution in [-0.4, -0.2) is 52.0 Å². The molecule has 1 saturated heterocycles. The summed E-state index contributed by atoms with van der Waals surface area (Å²) in [5.41, 5.74) is 0.675. The summed E-state index contributed by atoms with van der Waals surface area (Å²) in [4.78, 5) is 20.6. The number of pyridine rings is 1. The number of aromatic nitrogens is 4. The van der Waals surface area contributed by atoms with E-state index >= 15 is 0 Å². The average Bonchev–Trinajstić information content (AvgIpc) is 3.38. The third-order valence-electron chi connectivity index (χ3n) is 4.57. The number of H-pyrrole nitrogens is 1. The van der Waals surface area contributed by atoms with Crippen LogP contribution in [0.15, 0.2) is 35.8 Å². The third kappa shape index (κ3) is 3.71. The lowest BCUT2D eigenvalue weighted by Gasteiger charge is -2.29. The minimum Gasteiger partial charge on any atom is -0.378 e. The normalized spacial score (nSPS) is 15.4. The number of carbonyl (C=O) groups is 1. The molecule has 28 heavy (non-hydrogen) atoms. The molecule has 10 heteroatoms. The van der Waals surface area contributed by atoms with Crippen molar-refractivity contribution in [2.24, 2.45) is 0 Å². The van der Waals surface area contributed by atoms with Crippen molar-refractivity contribution in [1.82, 2.24) is 19.7 Å². The predicted molar refractivity (Wildman–Crippen MR) is 111 cm³/mol. The lowest BCUT2D eigenvalue weighted by molar-refractivity contribution is -0.118. The van der Waals surface area contributed by atoms with Gasteiger partial charge in [-0.2, -0.15) is 5.10 Å². The largest absolute Gasteiger partial charge is 0.378 e. The van der Waals surface area contributed by atoms with E-state index in [0.717, 1.165) is 23.8 Å². The van der Waals surface area contributed by atoms with Crippen molar-refractivity contribution >= 4 is 41.0 Å². The van der Waals surface area contributed by atoms with Crippen LogP contribution < -0.4 is 10.2 Å². The Hall–Kier alpha value is -2.56. The lowest BCUT2D eigenvalue weighted by Crippen LogP contribution is -2.37. The number of thiophene rings is 1. The van der Waals surface area contributed by atoms with Gasteiger partial charge in [-0.05, 0) is 42.7 Å². The minimum absolute atomic E-state index is 0.183. The quantitative estimate of drug-likeness (QED) is 0.622. The Morgan fingerprint density at radius 3 is 2.93 bits per heavy atom. The molecule has 0 radical (unpaired) electrons. The number of morpholine rings is 1. The van der Waals surface area contributed by atoms with Gasteiger partial charge in [-0.1, -0.05) is 6.07 Å². The molecule has 0 aromatic carbocycles. The molecule has 8 nitrogen and oxygen atoms in total. The van der Waals surface area contributed by atoms with E-state index in [2.05, 4.69) is 25.4 Å². The zero-order valence-corrected chi connectivity index (χ0v) is 16.9. The Morgan fingerprint density at radius 2 is 2.18 bits per heavy atom. The molecule has 1 atom stereocenters. The first-order valence-electron chi connectivity index (χ1n) is 8.94. The summed E-state index contributed by atoms with van der Waals surface area (Å²) >= 11 is 6.92. The third-order valence-corrected chi connectivity index (χ3v) is 5.72. The van der Waals surface area contributed by atoms with E-state index in [1.54, 1.807) is 22.1 Å². The van der Waals surface area contributed by atoms with Gasteiger partial charge in [-0.15, -0.1) is 11.3 Å². The number of amides is 1. The highest BCUT2D eigenvalue weighted by Gasteiger charge is 2.23. The van der Waals surface area contributed by atoms with Crippen molar-refractivity contribution < 1.29 is 9.53 Å². The van der Waals surface area contributed by atoms with E-state index in [9.17, 15) is 4.79 Å². The van der Waals surface area contributed by atoms with Crippen molar-refractivity contribution in [3.05, 3.63) is 40.6 Å². The highest BCUT2D eigenvalue weighted by Crippen LogP contribution is 2.28. The maximum atomic E-state index is 13.0. The van der Waals surface area contributed by atoms with Crippen molar-refractivity contribution in [2.45, 2.75) is 13.0 Å². The molecule has 3 aromatic heterocycles. The zero-order valence-electron chi connectivity index (χ0n) is 15.3. The maximum Gasteiger partial charge on any atom is 0.247 e. The zero-order chi connectivity index (χ0) is 19.5. The fraction of sp³-hybridized carbons (Fsp3) is 0.333. The monoisotopic (exact) mass is 416 g/mol. The number of nitrogens with zero attached hydrogens (tertiary/aromatic N) is 4. The van der Waals surface area contributed by atoms with Crippen molar-refractivity contribution in [3.8, 4) is 10.7 Å². The molecule has 1 amide bonds. The van der Waals surface area contributed by atoms with Crippen molar-refractivity contribution in [2.75, 3.05) is 36.5 Å². The van der Waals surface area contributed by atoms with Gasteiger partial charge in [0.25, 0.3) is 0 Å². The number of nitrogens with one attached hydrogen (secondary N) is 2. The Labute approximate surface area is 171 Å². The topological polar surface area (TPSA) is 88.1 Å². The molecule has 0 bridgehead atoms. The first kappa shape index (κ1) is 18.8. The number of rotatable bonds is 5. The molecular formula is C18H20N6O2S2. The van der Waals surface area contributed by atoms with Gasteiger partial charge in [0.2, 0.25) is 5.91 Å². The van der Waals surface area contributed by atoms with Gasteiger partial charge >= 0.3 is 0 Å². The van der Waals surface area contributed by atoms with Crippen LogP contribution in [0.1, 0.15) is 13.0 Å². The van der Waals surface area contributed by atoms with E-state index in [-0.39, 0.29) is 5.91 Å². The fourth-order valence-corrected chi connectivity index (χ4v) is 4.12. The Morgan fingerprint density at radius 1 is 1.36 bits per heavy atom. The van der Waals surface area contributed by atoms with Gasteiger partial charge in [0, 0.05) is 19.3 Å². The van der Waals surface area contributed by atoms with Gasteiger partial charge in [0.15, 0.2) is 16.4 Å². The van der Waals surface area contributed by atoms with Crippen LogP contribution >= 0.6 is 23.6 Å². The molecule has 0 spiro atoms. The van der Waals surface area contributed by atoms with Crippen LogP contribution in [0.3, 0.4) is 0 Å². The predicted octanol–water partition coefficient (Wildman–Crippen LogP) is 3.10. The molecule has 3 aromatic rings. The Bertz CT molecular complexity index is 1010. The summed E-state index contributed by atoms with van der Waals surface area (Å²) < 4.78 is 7.56. The summed E-state index contributed by atoms with van der Waals surface area (Å²) in [5.74, 6) is 1.22. The van der Waals surface area contributed by atoms with E-state index in [0.29, 0.717) is 29.5 Å². The SMILES string of the molecule is CC(C(=O)Nc1cccnc1N1CCOCC1)n1c(-c2cccs2)n[nH]c1=S. The fourth-order valence-electron chi connectivity index (χ4n) is 3.12. The van der Waals surface area contributed by atoms with Gasteiger partial charge in [-0.3, -0.25) is 14.5 Å². The maximum absolute atomic E-state index is 13.0. The molecule has 1 aliphatic rings. The Balaban J connectivity index is 1.59. The molecule has 146 valence electrons. The second-order valence-corrected chi connectivity index (χ2v) is 7.67. The molecule has 0 aliphatic carbocycles. The number of ether oxygens (including phenoxy) is 1. The summed E-state index contributed by atoms with van der Waals surface area (Å²) in [5, 5.41) is 12.1. The highest BCUT2D eigenvalue weighted by atomic mass is 32.1. The second-order valence-electron chi connectivity index (χ2n) is 6.34. The lowest BCUT2D eigenvalue weighted by atomic mass is 10.2. The van der Waals surface area contributed by atoms with E-state index in [1.165, 1.54) is 0 Å². The van der Waals surface area contributed by atoms with Crippen LogP contribution in [0.5, 0.6) is 0 Å². The molecule has 1 unspecified atom stereocenters. The molecule has 4 rings (SSSR count). The van der Waals surface area contributed by atoms with Gasteiger partial charge < -0.3 is 15.0 Å². The van der Waals surface area contributed by atoms with Crippen LogP contribution in [0.4, 0.5) is 11.5 Å². The summed E-state index contributed by atoms with van der Waals surface area (Å²) in [7, 11) is 0. The van der Waals surface area contributed by atoms with Crippen molar-refractivity contribution in [3.63, 3.8) is 0 Å². The molecule has 1 fully saturated rings. The van der Waals surface area contributed by atoms with Crippen molar-refractivity contribution in [1.29, 1.82) is 0 Å². The second kappa shape index (κ2) is 8.21. The number of anilines is 2. The molecule has 4 heterocycles. The van der Waals surface area contributed by atoms with Gasteiger partial charge in [0.05, 0.1) is 23.8 Å². The summed E-state index contributed by atoms with van der Waals surface area (Å²) in [6.45, 7) is 4.58. The number of hydrogen-bond acceptors (Lipinski definition) is 7. The van der Waals surface area contributed by atoms with Crippen LogP contribution in [0.25, 0.3) is 10.7 Å². The smallest absolute Gasteiger partial charge is 0.247 e. The van der Waals surface area contributed by atoms with E-state index in [1.807, 2.05) is 36.6 Å². The first-order valence-corrected chi connectivity index (χ1v) is 10.2. The average molecular weight is 417 g/mol. The number of carbonyl (C=O) groups excluding carboxylic acids is 1. The van der Waals surface area contributed by atoms with E-state index < -0.39 is 6.04 Å². The van der Waals surface area contributed by atoms with Crippen LogP contribution in [0.2, 0.25) is 0 Å². The highest BCUT2D eigenvalue weighted by molar-refractivity contribution is 7.71. The van der Waals surface area contributed by atoms with Gasteiger partial charge in [-0.25, -0.2) is 4.98 Å².